The minimum Gasteiger partial charge on any atom is -0.493 e. The molecule has 0 aliphatic heterocycles. The molecule has 1 N–H and O–H groups in total. The van der Waals surface area contributed by atoms with Gasteiger partial charge in [0.25, 0.3) is 0 Å². The molecular weight excluding hydrogens is 246 g/mol. The highest BCUT2D eigenvalue weighted by molar-refractivity contribution is 6.31. The van der Waals surface area contributed by atoms with Gasteiger partial charge in [-0.25, -0.2) is 0 Å². The van der Waals surface area contributed by atoms with Gasteiger partial charge in [-0.1, -0.05) is 25.4 Å². The molecule has 0 saturated carbocycles. The van der Waals surface area contributed by atoms with Gasteiger partial charge >= 0.3 is 0 Å². The first-order chi connectivity index (χ1) is 8.56. The molecule has 0 fully saturated rings. The van der Waals surface area contributed by atoms with Crippen LogP contribution >= 0.6 is 11.6 Å². The van der Waals surface area contributed by atoms with Crippen molar-refractivity contribution < 1.29 is 4.74 Å². The molecule has 1 aromatic carbocycles. The van der Waals surface area contributed by atoms with Crippen LogP contribution in [0.3, 0.4) is 0 Å². The van der Waals surface area contributed by atoms with Crippen LogP contribution < -0.4 is 10.1 Å². The lowest BCUT2D eigenvalue weighted by Gasteiger charge is -2.16. The van der Waals surface area contributed by atoms with Gasteiger partial charge in [0.15, 0.2) is 0 Å². The van der Waals surface area contributed by atoms with E-state index in [2.05, 4.69) is 25.2 Å². The largest absolute Gasteiger partial charge is 0.493 e. The summed E-state index contributed by atoms with van der Waals surface area (Å²) in [6.45, 7) is 8.15. The summed E-state index contributed by atoms with van der Waals surface area (Å²) in [6.07, 6.45) is 2.21. The summed E-state index contributed by atoms with van der Waals surface area (Å²) >= 11 is 6.17. The molecule has 0 heterocycles. The molecule has 0 unspecified atom stereocenters. The average molecular weight is 270 g/mol. The van der Waals surface area contributed by atoms with Gasteiger partial charge < -0.3 is 10.1 Å². The van der Waals surface area contributed by atoms with E-state index >= 15 is 0 Å². The van der Waals surface area contributed by atoms with E-state index in [1.165, 1.54) is 5.56 Å². The van der Waals surface area contributed by atoms with Crippen LogP contribution in [-0.2, 0) is 0 Å². The first kappa shape index (κ1) is 15.3. The van der Waals surface area contributed by atoms with Gasteiger partial charge in [-0.2, -0.15) is 0 Å². The second kappa shape index (κ2) is 7.65. The molecule has 0 amide bonds. The van der Waals surface area contributed by atoms with E-state index in [9.17, 15) is 0 Å². The Kier molecular flexibility index (Phi) is 6.51. The molecule has 0 spiro atoms. The van der Waals surface area contributed by atoms with E-state index in [0.29, 0.717) is 5.92 Å². The summed E-state index contributed by atoms with van der Waals surface area (Å²) in [6, 6.07) is 4.08. The maximum atomic E-state index is 6.17. The molecule has 0 bridgehead atoms. The third-order valence-electron chi connectivity index (χ3n) is 2.99. The molecule has 0 aliphatic carbocycles. The van der Waals surface area contributed by atoms with Crippen LogP contribution in [0.1, 0.15) is 43.7 Å². The third-order valence-corrected chi connectivity index (χ3v) is 3.40. The van der Waals surface area contributed by atoms with Crippen LogP contribution in [0.4, 0.5) is 0 Å². The molecule has 102 valence electrons. The lowest BCUT2D eigenvalue weighted by molar-refractivity contribution is 0.302. The van der Waals surface area contributed by atoms with Crippen molar-refractivity contribution in [1.29, 1.82) is 0 Å². The van der Waals surface area contributed by atoms with E-state index in [4.69, 9.17) is 16.3 Å². The normalized spacial score (nSPS) is 11.0. The fourth-order valence-electron chi connectivity index (χ4n) is 1.83. The highest BCUT2D eigenvalue weighted by Gasteiger charge is 2.10. The number of hydrogen-bond acceptors (Lipinski definition) is 2. The molecule has 0 atom stereocenters. The number of halogens is 1. The molecule has 1 aromatic rings. The van der Waals surface area contributed by atoms with Crippen LogP contribution in [0.2, 0.25) is 5.02 Å². The molecular formula is C15H24ClNO. The van der Waals surface area contributed by atoms with Gasteiger partial charge in [0, 0.05) is 5.02 Å². The Labute approximate surface area is 116 Å². The van der Waals surface area contributed by atoms with Gasteiger partial charge in [0.1, 0.15) is 5.75 Å². The van der Waals surface area contributed by atoms with Crippen molar-refractivity contribution in [2.24, 2.45) is 0 Å². The van der Waals surface area contributed by atoms with E-state index in [1.807, 2.05) is 20.0 Å². The van der Waals surface area contributed by atoms with Crippen LogP contribution in [0.15, 0.2) is 12.1 Å². The smallest absolute Gasteiger partial charge is 0.123 e. The highest BCUT2D eigenvalue weighted by atomic mass is 35.5. The zero-order chi connectivity index (χ0) is 13.5. The first-order valence-corrected chi connectivity index (χ1v) is 7.01. The Balaban J connectivity index is 2.65. The second-order valence-corrected chi connectivity index (χ2v) is 5.36. The Morgan fingerprint density at radius 2 is 2.00 bits per heavy atom. The minimum atomic E-state index is 0.426. The Morgan fingerprint density at radius 3 is 2.61 bits per heavy atom. The summed E-state index contributed by atoms with van der Waals surface area (Å²) in [5, 5.41) is 3.96. The van der Waals surface area contributed by atoms with Crippen molar-refractivity contribution in [2.45, 2.75) is 39.5 Å². The predicted molar refractivity (Wildman–Crippen MR) is 78.9 cm³/mol. The van der Waals surface area contributed by atoms with Crippen molar-refractivity contribution in [3.8, 4) is 5.75 Å². The Hall–Kier alpha value is -0.730. The van der Waals surface area contributed by atoms with E-state index in [-0.39, 0.29) is 0 Å². The molecule has 0 saturated heterocycles. The van der Waals surface area contributed by atoms with Gasteiger partial charge in [0.05, 0.1) is 6.61 Å². The SMILES string of the molecule is CNCCCCOc1cc(C)c(Cl)cc1C(C)C. The predicted octanol–water partition coefficient (Wildman–Crippen LogP) is 4.15. The quantitative estimate of drug-likeness (QED) is 0.751. The highest BCUT2D eigenvalue weighted by Crippen LogP contribution is 2.32. The number of rotatable bonds is 7. The molecule has 0 aromatic heterocycles. The molecule has 3 heteroatoms. The fourth-order valence-corrected chi connectivity index (χ4v) is 2.00. The standard InChI is InChI=1S/C15H24ClNO/c1-11(2)13-10-14(16)12(3)9-15(13)18-8-6-5-7-17-4/h9-11,17H,5-8H2,1-4H3. The van der Waals surface area contributed by atoms with Crippen LogP contribution in [-0.4, -0.2) is 20.2 Å². The summed E-state index contributed by atoms with van der Waals surface area (Å²) < 4.78 is 5.89. The van der Waals surface area contributed by atoms with Gasteiger partial charge in [-0.15, -0.1) is 0 Å². The lowest BCUT2D eigenvalue weighted by atomic mass is 10.0. The zero-order valence-corrected chi connectivity index (χ0v) is 12.6. The van der Waals surface area contributed by atoms with Crippen molar-refractivity contribution in [3.05, 3.63) is 28.3 Å². The topological polar surface area (TPSA) is 21.3 Å². The van der Waals surface area contributed by atoms with Crippen LogP contribution in [0.5, 0.6) is 5.75 Å². The van der Waals surface area contributed by atoms with Gasteiger partial charge in [-0.05, 0) is 62.5 Å². The lowest BCUT2D eigenvalue weighted by Crippen LogP contribution is -2.09. The van der Waals surface area contributed by atoms with E-state index in [1.54, 1.807) is 0 Å². The monoisotopic (exact) mass is 269 g/mol. The number of hydrogen-bond donors (Lipinski definition) is 1. The number of benzene rings is 1. The Bertz CT molecular complexity index is 377. The number of nitrogens with one attached hydrogen (secondary N) is 1. The maximum Gasteiger partial charge on any atom is 0.123 e. The molecule has 1 rings (SSSR count). The maximum absolute atomic E-state index is 6.17. The fraction of sp³-hybridized carbons (Fsp3) is 0.600. The van der Waals surface area contributed by atoms with Crippen molar-refractivity contribution in [2.75, 3.05) is 20.2 Å². The molecule has 2 nitrogen and oxygen atoms in total. The second-order valence-electron chi connectivity index (χ2n) is 4.95. The summed E-state index contributed by atoms with van der Waals surface area (Å²) in [5.74, 6) is 1.41. The minimum absolute atomic E-state index is 0.426. The molecule has 0 aliphatic rings. The third kappa shape index (κ3) is 4.51. The summed E-state index contributed by atoms with van der Waals surface area (Å²) in [5.41, 5.74) is 2.27. The van der Waals surface area contributed by atoms with Crippen LogP contribution in [0, 0.1) is 6.92 Å². The van der Waals surface area contributed by atoms with Gasteiger partial charge in [-0.3, -0.25) is 0 Å². The summed E-state index contributed by atoms with van der Waals surface area (Å²) in [4.78, 5) is 0. The van der Waals surface area contributed by atoms with E-state index < -0.39 is 0 Å². The van der Waals surface area contributed by atoms with Gasteiger partial charge in [0.2, 0.25) is 0 Å². The number of aryl methyl sites for hydroxylation is 1. The van der Waals surface area contributed by atoms with Crippen LogP contribution in [0.25, 0.3) is 0 Å². The molecule has 0 radical (unpaired) electrons. The number of ether oxygens (including phenoxy) is 1. The average Bonchev–Trinajstić information content (AvgIpc) is 2.32. The first-order valence-electron chi connectivity index (χ1n) is 6.63. The zero-order valence-electron chi connectivity index (χ0n) is 11.8. The molecule has 18 heavy (non-hydrogen) atoms. The van der Waals surface area contributed by atoms with Crippen molar-refractivity contribution in [1.82, 2.24) is 5.32 Å². The van der Waals surface area contributed by atoms with Crippen molar-refractivity contribution >= 4 is 11.6 Å². The van der Waals surface area contributed by atoms with E-state index in [0.717, 1.165) is 42.3 Å². The van der Waals surface area contributed by atoms with Crippen molar-refractivity contribution in [3.63, 3.8) is 0 Å². The Morgan fingerprint density at radius 1 is 1.28 bits per heavy atom. The summed E-state index contributed by atoms with van der Waals surface area (Å²) in [7, 11) is 1.97. The number of unbranched alkanes of at least 4 members (excludes halogenated alkanes) is 1.